The van der Waals surface area contributed by atoms with Gasteiger partial charge in [-0.15, -0.1) is 0 Å². The van der Waals surface area contributed by atoms with Crippen molar-refractivity contribution in [2.24, 2.45) is 5.92 Å². The van der Waals surface area contributed by atoms with E-state index in [-0.39, 0.29) is 0 Å². The standard InChI is InChI=1S/C16H24N2O3S/c1-11-6-5-7-18(10-11)16(22)17-12-8-13(19-2)15(21-4)14(9-12)20-3/h8-9,11H,5-7,10H2,1-4H3,(H,17,22)/t11-/m1/s1. The Labute approximate surface area is 137 Å². The SMILES string of the molecule is COc1cc(NC(=S)N2CCC[C@@H](C)C2)cc(OC)c1OC. The lowest BCUT2D eigenvalue weighted by Crippen LogP contribution is -2.41. The second-order valence-corrected chi connectivity index (χ2v) is 5.92. The number of piperidine rings is 1. The third-order valence-electron chi connectivity index (χ3n) is 3.86. The van der Waals surface area contributed by atoms with Crippen LogP contribution in [0.4, 0.5) is 5.69 Å². The van der Waals surface area contributed by atoms with Crippen LogP contribution in [0, 0.1) is 5.92 Å². The second kappa shape index (κ2) is 7.54. The first-order valence-corrected chi connectivity index (χ1v) is 7.85. The summed E-state index contributed by atoms with van der Waals surface area (Å²) in [5.41, 5.74) is 0.831. The number of nitrogens with one attached hydrogen (secondary N) is 1. The first-order chi connectivity index (χ1) is 10.6. The lowest BCUT2D eigenvalue weighted by atomic mass is 10.0. The predicted molar refractivity (Wildman–Crippen MR) is 92.3 cm³/mol. The molecule has 22 heavy (non-hydrogen) atoms. The molecule has 6 heteroatoms. The van der Waals surface area contributed by atoms with Crippen molar-refractivity contribution in [1.82, 2.24) is 4.90 Å². The highest BCUT2D eigenvalue weighted by Gasteiger charge is 2.20. The van der Waals surface area contributed by atoms with Crippen LogP contribution in [0.1, 0.15) is 19.8 Å². The van der Waals surface area contributed by atoms with E-state index in [0.29, 0.717) is 23.2 Å². The van der Waals surface area contributed by atoms with Gasteiger partial charge in [-0.05, 0) is 31.0 Å². The zero-order valence-corrected chi connectivity index (χ0v) is 14.5. The van der Waals surface area contributed by atoms with Gasteiger partial charge >= 0.3 is 0 Å². The largest absolute Gasteiger partial charge is 0.493 e. The summed E-state index contributed by atoms with van der Waals surface area (Å²) in [6.07, 6.45) is 2.45. The third-order valence-corrected chi connectivity index (χ3v) is 4.22. The Morgan fingerprint density at radius 2 is 1.82 bits per heavy atom. The molecule has 1 aliphatic heterocycles. The van der Waals surface area contributed by atoms with Crippen LogP contribution < -0.4 is 19.5 Å². The zero-order chi connectivity index (χ0) is 16.1. The van der Waals surface area contributed by atoms with Gasteiger partial charge in [-0.1, -0.05) is 6.92 Å². The fraction of sp³-hybridized carbons (Fsp3) is 0.562. The highest BCUT2D eigenvalue weighted by atomic mass is 32.1. The Morgan fingerprint density at radius 3 is 2.32 bits per heavy atom. The van der Waals surface area contributed by atoms with Crippen molar-refractivity contribution in [3.05, 3.63) is 12.1 Å². The summed E-state index contributed by atoms with van der Waals surface area (Å²) in [5.74, 6) is 2.47. The number of ether oxygens (including phenoxy) is 3. The normalized spacial score (nSPS) is 17.8. The number of nitrogens with zero attached hydrogens (tertiary/aromatic N) is 1. The average molecular weight is 324 g/mol. The first-order valence-electron chi connectivity index (χ1n) is 7.45. The Balaban J connectivity index is 2.16. The number of rotatable bonds is 4. The molecule has 0 saturated carbocycles. The van der Waals surface area contributed by atoms with Gasteiger partial charge in [0.1, 0.15) is 0 Å². The van der Waals surface area contributed by atoms with Gasteiger partial charge in [-0.3, -0.25) is 0 Å². The minimum atomic E-state index is 0.577. The van der Waals surface area contributed by atoms with Crippen LogP contribution in [-0.4, -0.2) is 44.4 Å². The zero-order valence-electron chi connectivity index (χ0n) is 13.6. The van der Waals surface area contributed by atoms with Crippen molar-refractivity contribution in [2.75, 3.05) is 39.7 Å². The monoisotopic (exact) mass is 324 g/mol. The Bertz CT molecular complexity index is 511. The Morgan fingerprint density at radius 1 is 1.18 bits per heavy atom. The van der Waals surface area contributed by atoms with Crippen molar-refractivity contribution in [2.45, 2.75) is 19.8 Å². The molecule has 1 atom stereocenters. The van der Waals surface area contributed by atoms with Gasteiger partial charge in [0.05, 0.1) is 21.3 Å². The molecule has 1 saturated heterocycles. The van der Waals surface area contributed by atoms with Crippen LogP contribution in [0.25, 0.3) is 0 Å². The average Bonchev–Trinajstić information content (AvgIpc) is 2.53. The van der Waals surface area contributed by atoms with Crippen molar-refractivity contribution in [3.63, 3.8) is 0 Å². The van der Waals surface area contributed by atoms with Crippen LogP contribution in [-0.2, 0) is 0 Å². The van der Waals surface area contributed by atoms with Gasteiger partial charge in [-0.25, -0.2) is 0 Å². The molecule has 0 aromatic heterocycles. The van der Waals surface area contributed by atoms with Crippen LogP contribution in [0.2, 0.25) is 0 Å². The molecule has 1 aromatic rings. The Hall–Kier alpha value is -1.69. The van der Waals surface area contributed by atoms with E-state index in [4.69, 9.17) is 26.4 Å². The molecule has 122 valence electrons. The van der Waals surface area contributed by atoms with E-state index < -0.39 is 0 Å². The molecule has 1 fully saturated rings. The van der Waals surface area contributed by atoms with Gasteiger partial charge in [0.25, 0.3) is 0 Å². The highest BCUT2D eigenvalue weighted by molar-refractivity contribution is 7.80. The third kappa shape index (κ3) is 3.74. The number of likely N-dealkylation sites (tertiary alicyclic amines) is 1. The maximum Gasteiger partial charge on any atom is 0.203 e. The quantitative estimate of drug-likeness (QED) is 0.858. The molecule has 2 rings (SSSR count). The van der Waals surface area contributed by atoms with Gasteiger partial charge in [0.15, 0.2) is 16.6 Å². The predicted octanol–water partition coefficient (Wildman–Crippen LogP) is 3.14. The summed E-state index contributed by atoms with van der Waals surface area (Å²) < 4.78 is 16.1. The number of anilines is 1. The lowest BCUT2D eigenvalue weighted by molar-refractivity contribution is 0.276. The minimum absolute atomic E-state index is 0.577. The van der Waals surface area contributed by atoms with Crippen LogP contribution >= 0.6 is 12.2 Å². The molecule has 0 spiro atoms. The number of thiocarbonyl (C=S) groups is 1. The molecule has 0 unspecified atom stereocenters. The molecule has 0 radical (unpaired) electrons. The van der Waals surface area contributed by atoms with E-state index in [9.17, 15) is 0 Å². The van der Waals surface area contributed by atoms with E-state index in [1.54, 1.807) is 21.3 Å². The van der Waals surface area contributed by atoms with Crippen LogP contribution in [0.15, 0.2) is 12.1 Å². The number of benzene rings is 1. The van der Waals surface area contributed by atoms with E-state index in [0.717, 1.165) is 23.9 Å². The maximum absolute atomic E-state index is 5.53. The minimum Gasteiger partial charge on any atom is -0.493 e. The molecule has 1 aliphatic rings. The van der Waals surface area contributed by atoms with Gasteiger partial charge in [0, 0.05) is 30.9 Å². The van der Waals surface area contributed by atoms with Gasteiger partial charge in [-0.2, -0.15) is 0 Å². The molecule has 0 bridgehead atoms. The Kier molecular flexibility index (Phi) is 5.71. The summed E-state index contributed by atoms with van der Waals surface area (Å²) in [6, 6.07) is 3.72. The van der Waals surface area contributed by atoms with Crippen molar-refractivity contribution >= 4 is 23.0 Å². The smallest absolute Gasteiger partial charge is 0.203 e. The fourth-order valence-electron chi connectivity index (χ4n) is 2.73. The molecule has 5 nitrogen and oxygen atoms in total. The topological polar surface area (TPSA) is 43.0 Å². The van der Waals surface area contributed by atoms with Crippen molar-refractivity contribution in [1.29, 1.82) is 0 Å². The second-order valence-electron chi connectivity index (χ2n) is 5.54. The van der Waals surface area contributed by atoms with Gasteiger partial charge < -0.3 is 24.4 Å². The number of methoxy groups -OCH3 is 3. The summed E-state index contributed by atoms with van der Waals surface area (Å²) >= 11 is 5.53. The van der Waals surface area contributed by atoms with Crippen LogP contribution in [0.5, 0.6) is 17.2 Å². The summed E-state index contributed by atoms with van der Waals surface area (Å²) in [6.45, 7) is 4.26. The highest BCUT2D eigenvalue weighted by Crippen LogP contribution is 2.40. The molecule has 0 amide bonds. The summed E-state index contributed by atoms with van der Waals surface area (Å²) in [4.78, 5) is 2.21. The van der Waals surface area contributed by atoms with Gasteiger partial charge in [0.2, 0.25) is 5.75 Å². The molecule has 1 N–H and O–H groups in total. The van der Waals surface area contributed by atoms with E-state index >= 15 is 0 Å². The van der Waals surface area contributed by atoms with Crippen LogP contribution in [0.3, 0.4) is 0 Å². The maximum atomic E-state index is 5.53. The molecule has 0 aliphatic carbocycles. The summed E-state index contributed by atoms with van der Waals surface area (Å²) in [7, 11) is 4.80. The number of hydrogen-bond acceptors (Lipinski definition) is 4. The van der Waals surface area contributed by atoms with Crippen molar-refractivity contribution < 1.29 is 14.2 Å². The fourth-order valence-corrected chi connectivity index (χ4v) is 3.01. The van der Waals surface area contributed by atoms with E-state index in [2.05, 4.69) is 17.1 Å². The first kappa shape index (κ1) is 16.7. The molecule has 1 aromatic carbocycles. The molecular weight excluding hydrogens is 300 g/mol. The van der Waals surface area contributed by atoms with E-state index in [1.807, 2.05) is 12.1 Å². The summed E-state index contributed by atoms with van der Waals surface area (Å²) in [5, 5.41) is 4.01. The number of hydrogen-bond donors (Lipinski definition) is 1. The molecular formula is C16H24N2O3S. The molecule has 1 heterocycles. The lowest BCUT2D eigenvalue weighted by Gasteiger charge is -2.33. The van der Waals surface area contributed by atoms with E-state index in [1.165, 1.54) is 12.8 Å². The van der Waals surface area contributed by atoms with Crippen molar-refractivity contribution in [3.8, 4) is 17.2 Å².